The topological polar surface area (TPSA) is 81.4 Å². The Labute approximate surface area is 179 Å². The number of pyridine rings is 1. The number of fused-ring (bicyclic) bond motifs is 3. The van der Waals surface area contributed by atoms with Gasteiger partial charge in [0, 0.05) is 16.5 Å². The van der Waals surface area contributed by atoms with E-state index in [9.17, 15) is 9.59 Å². The van der Waals surface area contributed by atoms with E-state index >= 15 is 0 Å². The number of amides is 1. The van der Waals surface area contributed by atoms with Crippen LogP contribution in [0.5, 0.6) is 0 Å². The maximum Gasteiger partial charge on any atom is 0.339 e. The lowest BCUT2D eigenvalue weighted by Crippen LogP contribution is -2.31. The normalized spacial score (nSPS) is 13.8. The molecule has 0 fully saturated rings. The number of hydrogen-bond donors (Lipinski definition) is 1. The summed E-state index contributed by atoms with van der Waals surface area (Å²) in [7, 11) is 0. The summed E-state index contributed by atoms with van der Waals surface area (Å²) in [6.45, 7) is 1.48. The molecule has 0 saturated heterocycles. The van der Waals surface area contributed by atoms with Crippen LogP contribution in [0, 0.1) is 0 Å². The van der Waals surface area contributed by atoms with Crippen LogP contribution in [-0.2, 0) is 22.4 Å². The molecule has 156 valence electrons. The van der Waals surface area contributed by atoms with Crippen molar-refractivity contribution in [2.24, 2.45) is 0 Å². The zero-order valence-corrected chi connectivity index (χ0v) is 17.2. The van der Waals surface area contributed by atoms with Gasteiger partial charge in [0.2, 0.25) is 0 Å². The molecule has 6 heteroatoms. The van der Waals surface area contributed by atoms with Crippen molar-refractivity contribution < 1.29 is 18.7 Å². The van der Waals surface area contributed by atoms with Crippen molar-refractivity contribution in [3.63, 3.8) is 0 Å². The van der Waals surface area contributed by atoms with Crippen LogP contribution in [-0.4, -0.2) is 23.5 Å². The van der Waals surface area contributed by atoms with Gasteiger partial charge in [-0.3, -0.25) is 9.78 Å². The maximum absolute atomic E-state index is 12.9. The van der Waals surface area contributed by atoms with Crippen molar-refractivity contribution >= 4 is 33.7 Å². The van der Waals surface area contributed by atoms with Crippen LogP contribution in [0.1, 0.15) is 46.8 Å². The van der Waals surface area contributed by atoms with Crippen LogP contribution in [0.25, 0.3) is 21.9 Å². The van der Waals surface area contributed by atoms with Crippen molar-refractivity contribution in [3.8, 4) is 0 Å². The molecular weight excluding hydrogens is 392 g/mol. The SMILES string of the molecule is C[C@H](NC(=O)COC(=O)c1c2c(nc3ccccc13)CCC2)c1cc2ccccc2o1. The number of aryl methyl sites for hydroxylation is 1. The number of nitrogens with zero attached hydrogens (tertiary/aromatic N) is 1. The third kappa shape index (κ3) is 3.65. The second-order valence-electron chi connectivity index (χ2n) is 7.83. The fourth-order valence-electron chi connectivity index (χ4n) is 4.22. The number of furan rings is 1. The molecule has 5 rings (SSSR count). The van der Waals surface area contributed by atoms with E-state index in [0.717, 1.165) is 52.4 Å². The predicted octanol–water partition coefficient (Wildman–Crippen LogP) is 4.50. The summed E-state index contributed by atoms with van der Waals surface area (Å²) in [6.07, 6.45) is 2.62. The van der Waals surface area contributed by atoms with Gasteiger partial charge in [0.05, 0.1) is 17.1 Å². The Hall–Kier alpha value is -3.67. The lowest BCUT2D eigenvalue weighted by molar-refractivity contribution is -0.125. The Bertz CT molecular complexity index is 1270. The number of ether oxygens (including phenoxy) is 1. The molecule has 0 unspecified atom stereocenters. The van der Waals surface area contributed by atoms with Gasteiger partial charge in [0.1, 0.15) is 11.3 Å². The first-order valence-electron chi connectivity index (χ1n) is 10.5. The highest BCUT2D eigenvalue weighted by Crippen LogP contribution is 2.30. The largest absolute Gasteiger partial charge is 0.459 e. The van der Waals surface area contributed by atoms with Crippen molar-refractivity contribution in [2.45, 2.75) is 32.2 Å². The van der Waals surface area contributed by atoms with Gasteiger partial charge in [-0.1, -0.05) is 36.4 Å². The second-order valence-corrected chi connectivity index (χ2v) is 7.83. The summed E-state index contributed by atoms with van der Waals surface area (Å²) in [5.41, 5.74) is 3.98. The minimum Gasteiger partial charge on any atom is -0.459 e. The second kappa shape index (κ2) is 7.87. The number of aromatic nitrogens is 1. The fourth-order valence-corrected chi connectivity index (χ4v) is 4.22. The molecule has 4 aromatic rings. The monoisotopic (exact) mass is 414 g/mol. The van der Waals surface area contributed by atoms with Crippen LogP contribution >= 0.6 is 0 Å². The van der Waals surface area contributed by atoms with Crippen molar-refractivity contribution in [1.82, 2.24) is 10.3 Å². The predicted molar refractivity (Wildman–Crippen MR) is 117 cm³/mol. The summed E-state index contributed by atoms with van der Waals surface area (Å²) in [4.78, 5) is 30.1. The van der Waals surface area contributed by atoms with Gasteiger partial charge < -0.3 is 14.5 Å². The molecule has 0 radical (unpaired) electrons. The van der Waals surface area contributed by atoms with E-state index in [1.54, 1.807) is 0 Å². The minimum atomic E-state index is -0.483. The van der Waals surface area contributed by atoms with Crippen LogP contribution in [0.3, 0.4) is 0 Å². The minimum absolute atomic E-state index is 0.343. The lowest BCUT2D eigenvalue weighted by Gasteiger charge is -2.14. The summed E-state index contributed by atoms with van der Waals surface area (Å²) >= 11 is 0. The molecule has 1 atom stereocenters. The highest BCUT2D eigenvalue weighted by atomic mass is 16.5. The number of benzene rings is 2. The standard InChI is InChI=1S/C25H22N2O4/c1-15(22-13-16-7-2-5-12-21(16)31-22)26-23(28)14-30-25(29)24-17-8-3-4-10-19(17)27-20-11-6-9-18(20)24/h2-5,7-8,10,12-13,15H,6,9,11,14H2,1H3,(H,26,28)/t15-/m0/s1. The number of para-hydroxylation sites is 2. The molecule has 2 aromatic carbocycles. The van der Waals surface area contributed by atoms with E-state index in [-0.39, 0.29) is 18.6 Å². The van der Waals surface area contributed by atoms with Crippen LogP contribution < -0.4 is 5.32 Å². The first-order valence-corrected chi connectivity index (χ1v) is 10.5. The average Bonchev–Trinajstić information content (AvgIpc) is 3.42. The van der Waals surface area contributed by atoms with E-state index in [1.165, 1.54) is 0 Å². The smallest absolute Gasteiger partial charge is 0.339 e. The molecule has 1 amide bonds. The van der Waals surface area contributed by atoms with Crippen LogP contribution in [0.4, 0.5) is 0 Å². The van der Waals surface area contributed by atoms with E-state index in [4.69, 9.17) is 9.15 Å². The zero-order valence-electron chi connectivity index (χ0n) is 17.2. The van der Waals surface area contributed by atoms with Gasteiger partial charge in [-0.15, -0.1) is 0 Å². The molecule has 2 aromatic heterocycles. The molecule has 1 aliphatic carbocycles. The average molecular weight is 414 g/mol. The molecule has 0 bridgehead atoms. The lowest BCUT2D eigenvalue weighted by atomic mass is 10.0. The van der Waals surface area contributed by atoms with Crippen molar-refractivity contribution in [3.05, 3.63) is 77.2 Å². The highest BCUT2D eigenvalue weighted by molar-refractivity contribution is 6.05. The number of carbonyl (C=O) groups excluding carboxylic acids is 2. The summed E-state index contributed by atoms with van der Waals surface area (Å²) in [5, 5.41) is 4.57. The fraction of sp³-hybridized carbons (Fsp3) is 0.240. The van der Waals surface area contributed by atoms with E-state index in [2.05, 4.69) is 10.3 Å². The number of hydrogen-bond acceptors (Lipinski definition) is 5. The van der Waals surface area contributed by atoms with Crippen molar-refractivity contribution in [1.29, 1.82) is 0 Å². The molecular formula is C25H22N2O4. The van der Waals surface area contributed by atoms with Crippen LogP contribution in [0.2, 0.25) is 0 Å². The Morgan fingerprint density at radius 2 is 1.94 bits per heavy atom. The Morgan fingerprint density at radius 3 is 2.81 bits per heavy atom. The van der Waals surface area contributed by atoms with Crippen LogP contribution in [0.15, 0.2) is 59.0 Å². The molecule has 6 nitrogen and oxygen atoms in total. The quantitative estimate of drug-likeness (QED) is 0.486. The molecule has 0 saturated carbocycles. The van der Waals surface area contributed by atoms with E-state index < -0.39 is 5.97 Å². The molecule has 1 aliphatic rings. The van der Waals surface area contributed by atoms with Gasteiger partial charge in [-0.05, 0) is 49.9 Å². The summed E-state index contributed by atoms with van der Waals surface area (Å²) < 4.78 is 11.2. The molecule has 1 N–H and O–H groups in total. The number of nitrogens with one attached hydrogen (secondary N) is 1. The number of rotatable bonds is 5. The third-order valence-electron chi connectivity index (χ3n) is 5.71. The van der Waals surface area contributed by atoms with Gasteiger partial charge >= 0.3 is 5.97 Å². The molecule has 0 spiro atoms. The maximum atomic E-state index is 12.9. The van der Waals surface area contributed by atoms with E-state index in [1.807, 2.05) is 61.5 Å². The van der Waals surface area contributed by atoms with Gasteiger partial charge in [-0.2, -0.15) is 0 Å². The number of esters is 1. The Balaban J connectivity index is 1.29. The zero-order chi connectivity index (χ0) is 21.4. The molecule has 0 aliphatic heterocycles. The van der Waals surface area contributed by atoms with E-state index in [0.29, 0.717) is 11.3 Å². The van der Waals surface area contributed by atoms with Gasteiger partial charge in [0.15, 0.2) is 6.61 Å². The first-order chi connectivity index (χ1) is 15.1. The van der Waals surface area contributed by atoms with Gasteiger partial charge in [0.25, 0.3) is 5.91 Å². The summed E-state index contributed by atoms with van der Waals surface area (Å²) in [5.74, 6) is -0.210. The third-order valence-corrected chi connectivity index (χ3v) is 5.71. The highest BCUT2D eigenvalue weighted by Gasteiger charge is 2.25. The first kappa shape index (κ1) is 19.3. The van der Waals surface area contributed by atoms with Gasteiger partial charge in [-0.25, -0.2) is 4.79 Å². The Kier molecular flexibility index (Phi) is 4.90. The Morgan fingerprint density at radius 1 is 1.13 bits per heavy atom. The molecule has 31 heavy (non-hydrogen) atoms. The molecule has 2 heterocycles. The van der Waals surface area contributed by atoms with Crippen molar-refractivity contribution in [2.75, 3.05) is 6.61 Å². The summed E-state index contributed by atoms with van der Waals surface area (Å²) in [6, 6.07) is 16.8. The number of carbonyl (C=O) groups is 2.